The number of aromatic nitrogens is 5. The van der Waals surface area contributed by atoms with Crippen molar-refractivity contribution in [2.24, 2.45) is 0 Å². The second kappa shape index (κ2) is 14.7. The normalized spacial score (nSPS) is 11.5. The Labute approximate surface area is 358 Å². The zero-order valence-corrected chi connectivity index (χ0v) is 33.6. The third kappa shape index (κ3) is 6.06. The molecule has 0 aliphatic heterocycles. The van der Waals surface area contributed by atoms with E-state index in [1.54, 1.807) is 0 Å². The van der Waals surface area contributed by atoms with Crippen LogP contribution in [-0.4, -0.2) is 24.1 Å². The van der Waals surface area contributed by atoms with Crippen LogP contribution in [0.3, 0.4) is 0 Å². The van der Waals surface area contributed by atoms with E-state index in [9.17, 15) is 0 Å². The smallest absolute Gasteiger partial charge is 0.164 e. The lowest BCUT2D eigenvalue weighted by Crippen LogP contribution is -2.00. The molecule has 0 amide bonds. The maximum atomic E-state index is 4.96. The fourth-order valence-electron chi connectivity index (χ4n) is 9.05. The van der Waals surface area contributed by atoms with Crippen molar-refractivity contribution < 1.29 is 0 Å². The summed E-state index contributed by atoms with van der Waals surface area (Å²) in [4.78, 5) is 14.8. The largest absolute Gasteiger partial charge is 0.309 e. The number of para-hydroxylation sites is 4. The maximum absolute atomic E-state index is 4.96. The molecule has 12 rings (SSSR count). The van der Waals surface area contributed by atoms with Gasteiger partial charge in [0.1, 0.15) is 0 Å². The van der Waals surface area contributed by atoms with E-state index >= 15 is 0 Å². The highest BCUT2D eigenvalue weighted by molar-refractivity contribution is 6.10. The molecule has 290 valence electrons. The van der Waals surface area contributed by atoms with Crippen molar-refractivity contribution in [3.63, 3.8) is 0 Å². The molecule has 0 saturated carbocycles. The third-order valence-electron chi connectivity index (χ3n) is 12.0. The highest BCUT2D eigenvalue weighted by Gasteiger charge is 2.18. The summed E-state index contributed by atoms with van der Waals surface area (Å²) >= 11 is 0. The number of fused-ring (bicyclic) bond motifs is 6. The van der Waals surface area contributed by atoms with E-state index in [0.29, 0.717) is 17.5 Å². The number of benzene rings is 9. The minimum absolute atomic E-state index is 0.637. The molecule has 0 atom stereocenters. The summed E-state index contributed by atoms with van der Waals surface area (Å²) in [5.74, 6) is 1.93. The summed E-state index contributed by atoms with van der Waals surface area (Å²) in [5.41, 5.74) is 14.2. The fraction of sp³-hybridized carbons (Fsp3) is 0. The van der Waals surface area contributed by atoms with E-state index in [4.69, 9.17) is 15.0 Å². The van der Waals surface area contributed by atoms with Crippen LogP contribution < -0.4 is 0 Å². The Kier molecular flexibility index (Phi) is 8.42. The first-order valence-electron chi connectivity index (χ1n) is 20.9. The second-order valence-electron chi connectivity index (χ2n) is 15.7. The SMILES string of the molecule is c1ccc(-c2nc(-c3ccccc3)nc(-c3ccc(-c4cccc(-c5cc(-n6c7ccccc7c7ccccc76)cc(-n6c7ccccc7c7ccccc76)c5)c4)cc3)n2)cc1. The van der Waals surface area contributed by atoms with Gasteiger partial charge in [-0.2, -0.15) is 0 Å². The summed E-state index contributed by atoms with van der Waals surface area (Å²) in [5, 5.41) is 4.95. The van der Waals surface area contributed by atoms with Crippen LogP contribution in [0.4, 0.5) is 0 Å². The first-order valence-corrected chi connectivity index (χ1v) is 20.9. The predicted molar refractivity (Wildman–Crippen MR) is 256 cm³/mol. The van der Waals surface area contributed by atoms with E-state index in [1.165, 1.54) is 43.6 Å². The highest BCUT2D eigenvalue weighted by atomic mass is 15.0. The molecule has 9 aromatic carbocycles. The van der Waals surface area contributed by atoms with E-state index < -0.39 is 0 Å². The zero-order chi connectivity index (χ0) is 41.0. The van der Waals surface area contributed by atoms with Crippen molar-refractivity contribution in [2.45, 2.75) is 0 Å². The van der Waals surface area contributed by atoms with Gasteiger partial charge in [0.2, 0.25) is 0 Å². The van der Waals surface area contributed by atoms with E-state index in [1.807, 2.05) is 60.7 Å². The molecule has 0 radical (unpaired) electrons. The molecule has 62 heavy (non-hydrogen) atoms. The van der Waals surface area contributed by atoms with Gasteiger partial charge in [-0.15, -0.1) is 0 Å². The van der Waals surface area contributed by atoms with E-state index in [-0.39, 0.29) is 0 Å². The summed E-state index contributed by atoms with van der Waals surface area (Å²) < 4.78 is 4.84. The molecule has 3 heterocycles. The average molecular weight is 792 g/mol. The molecule has 0 aliphatic rings. The number of hydrogen-bond acceptors (Lipinski definition) is 3. The molecule has 0 saturated heterocycles. The topological polar surface area (TPSA) is 48.5 Å². The van der Waals surface area contributed by atoms with Gasteiger partial charge >= 0.3 is 0 Å². The molecule has 3 aromatic heterocycles. The van der Waals surface area contributed by atoms with Gasteiger partial charge in [0.25, 0.3) is 0 Å². The molecular formula is C57H37N5. The zero-order valence-electron chi connectivity index (χ0n) is 33.6. The van der Waals surface area contributed by atoms with E-state index in [2.05, 4.69) is 173 Å². The lowest BCUT2D eigenvalue weighted by atomic mass is 9.97. The molecule has 0 spiro atoms. The van der Waals surface area contributed by atoms with Crippen molar-refractivity contribution >= 4 is 43.6 Å². The van der Waals surface area contributed by atoms with Gasteiger partial charge in [-0.05, 0) is 70.8 Å². The Morgan fingerprint density at radius 3 is 0.968 bits per heavy atom. The number of rotatable bonds is 7. The number of hydrogen-bond donors (Lipinski definition) is 0. The molecule has 0 unspecified atom stereocenters. The van der Waals surface area contributed by atoms with Gasteiger partial charge in [0.05, 0.1) is 22.1 Å². The van der Waals surface area contributed by atoms with Gasteiger partial charge in [-0.1, -0.05) is 176 Å². The lowest BCUT2D eigenvalue weighted by Gasteiger charge is -2.16. The summed E-state index contributed by atoms with van der Waals surface area (Å²) in [7, 11) is 0. The Balaban J connectivity index is 0.996. The fourth-order valence-corrected chi connectivity index (χ4v) is 9.05. The van der Waals surface area contributed by atoms with Crippen LogP contribution in [0.15, 0.2) is 224 Å². The molecular weight excluding hydrogens is 755 g/mol. The van der Waals surface area contributed by atoms with Gasteiger partial charge in [0, 0.05) is 49.6 Å². The summed E-state index contributed by atoms with van der Waals surface area (Å²) in [6.07, 6.45) is 0. The van der Waals surface area contributed by atoms with Gasteiger partial charge < -0.3 is 9.13 Å². The first-order chi connectivity index (χ1) is 30.7. The van der Waals surface area contributed by atoms with Crippen LogP contribution in [0.25, 0.3) is 111 Å². The summed E-state index contributed by atoms with van der Waals surface area (Å²) in [6.45, 7) is 0. The predicted octanol–water partition coefficient (Wildman–Crippen LogP) is 14.4. The number of nitrogens with zero attached hydrogens (tertiary/aromatic N) is 5. The molecule has 0 bridgehead atoms. The lowest BCUT2D eigenvalue weighted by molar-refractivity contribution is 1.07. The molecule has 0 aliphatic carbocycles. The van der Waals surface area contributed by atoms with Crippen LogP contribution in [0.2, 0.25) is 0 Å². The molecule has 0 fully saturated rings. The van der Waals surface area contributed by atoms with Crippen molar-refractivity contribution in [2.75, 3.05) is 0 Å². The quantitative estimate of drug-likeness (QED) is 0.162. The van der Waals surface area contributed by atoms with Crippen molar-refractivity contribution in [1.82, 2.24) is 24.1 Å². The standard InChI is InChI=1S/C57H37N5/c1-3-16-39(17-4-1)55-58-56(40-18-5-2-6-19-40)60-57(59-55)41-32-30-38(31-33-41)42-20-15-21-43(34-42)44-35-45(61-51-26-11-7-22-47(51)48-23-8-12-27-52(48)61)37-46(36-44)62-53-28-13-9-24-49(53)50-25-10-14-29-54(50)62/h1-37H. The Morgan fingerprint density at radius 1 is 0.226 bits per heavy atom. The molecule has 0 N–H and O–H groups in total. The van der Waals surface area contributed by atoms with Crippen LogP contribution in [-0.2, 0) is 0 Å². The van der Waals surface area contributed by atoms with Crippen LogP contribution in [0.1, 0.15) is 0 Å². The Bertz CT molecular complexity index is 3330. The van der Waals surface area contributed by atoms with Gasteiger partial charge in [-0.25, -0.2) is 15.0 Å². The third-order valence-corrected chi connectivity index (χ3v) is 12.0. The summed E-state index contributed by atoms with van der Waals surface area (Å²) in [6, 6.07) is 79.6. The monoisotopic (exact) mass is 791 g/mol. The minimum atomic E-state index is 0.637. The average Bonchev–Trinajstić information content (AvgIpc) is 3.88. The Hall–Kier alpha value is -8.41. The van der Waals surface area contributed by atoms with Crippen LogP contribution >= 0.6 is 0 Å². The van der Waals surface area contributed by atoms with Crippen molar-refractivity contribution in [1.29, 1.82) is 0 Å². The van der Waals surface area contributed by atoms with Crippen molar-refractivity contribution in [3.05, 3.63) is 224 Å². The van der Waals surface area contributed by atoms with Crippen molar-refractivity contribution in [3.8, 4) is 67.8 Å². The first kappa shape index (κ1) is 35.5. The Morgan fingerprint density at radius 2 is 0.548 bits per heavy atom. The van der Waals surface area contributed by atoms with E-state index in [0.717, 1.165) is 50.3 Å². The van der Waals surface area contributed by atoms with Gasteiger partial charge in [0.15, 0.2) is 17.5 Å². The molecule has 12 aromatic rings. The highest BCUT2D eigenvalue weighted by Crippen LogP contribution is 2.38. The minimum Gasteiger partial charge on any atom is -0.309 e. The second-order valence-corrected chi connectivity index (χ2v) is 15.7. The van der Waals surface area contributed by atoms with Crippen LogP contribution in [0, 0.1) is 0 Å². The van der Waals surface area contributed by atoms with Gasteiger partial charge in [-0.3, -0.25) is 0 Å². The van der Waals surface area contributed by atoms with Crippen LogP contribution in [0.5, 0.6) is 0 Å². The molecule has 5 nitrogen and oxygen atoms in total. The maximum Gasteiger partial charge on any atom is 0.164 e. The molecule has 5 heteroatoms.